The third-order valence-corrected chi connectivity index (χ3v) is 3.41. The van der Waals surface area contributed by atoms with Crippen molar-refractivity contribution in [2.75, 3.05) is 0 Å². The molecule has 0 aliphatic rings. The van der Waals surface area contributed by atoms with Crippen LogP contribution in [-0.4, -0.2) is 16.5 Å². The van der Waals surface area contributed by atoms with Crippen molar-refractivity contribution >= 4 is 33.2 Å². The molecular formula is C15H12BrN3O3. The van der Waals surface area contributed by atoms with Gasteiger partial charge in [0.1, 0.15) is 5.56 Å². The number of para-hydroxylation sites is 1. The van der Waals surface area contributed by atoms with E-state index in [4.69, 9.17) is 0 Å². The van der Waals surface area contributed by atoms with E-state index in [-0.39, 0.29) is 11.3 Å². The van der Waals surface area contributed by atoms with Gasteiger partial charge >= 0.3 is 0 Å². The summed E-state index contributed by atoms with van der Waals surface area (Å²) in [7, 11) is 0. The molecule has 0 aliphatic heterocycles. The number of hydrazone groups is 1. The Balaban J connectivity index is 2.19. The van der Waals surface area contributed by atoms with E-state index >= 15 is 0 Å². The van der Waals surface area contributed by atoms with Gasteiger partial charge in [0.05, 0.1) is 10.6 Å². The largest absolute Gasteiger partial charge is 0.282 e. The van der Waals surface area contributed by atoms with Crippen LogP contribution in [0.5, 0.6) is 0 Å². The van der Waals surface area contributed by atoms with E-state index in [2.05, 4.69) is 26.5 Å². The van der Waals surface area contributed by atoms with Crippen molar-refractivity contribution in [3.05, 3.63) is 74.2 Å². The van der Waals surface area contributed by atoms with E-state index in [9.17, 15) is 14.9 Å². The summed E-state index contributed by atoms with van der Waals surface area (Å²) in [5.74, 6) is -0.623. The summed E-state index contributed by atoms with van der Waals surface area (Å²) in [4.78, 5) is 22.4. The van der Waals surface area contributed by atoms with Gasteiger partial charge in [-0.15, -0.1) is 0 Å². The van der Waals surface area contributed by atoms with E-state index in [1.165, 1.54) is 18.2 Å². The fraction of sp³-hybridized carbons (Fsp3) is 0.0667. The van der Waals surface area contributed by atoms with Crippen LogP contribution in [-0.2, 0) is 0 Å². The number of nitrogens with zero attached hydrogens (tertiary/aromatic N) is 2. The highest BCUT2D eigenvalue weighted by molar-refractivity contribution is 9.10. The zero-order valence-corrected chi connectivity index (χ0v) is 13.2. The molecule has 6 nitrogen and oxygen atoms in total. The number of hydrogen-bond donors (Lipinski definition) is 1. The highest BCUT2D eigenvalue weighted by atomic mass is 79.9. The second-order valence-electron chi connectivity index (χ2n) is 4.42. The maximum atomic E-state index is 12.0. The minimum absolute atomic E-state index is 0.0294. The molecule has 22 heavy (non-hydrogen) atoms. The fourth-order valence-electron chi connectivity index (χ4n) is 1.80. The fourth-order valence-corrected chi connectivity index (χ4v) is 2.20. The van der Waals surface area contributed by atoms with Gasteiger partial charge in [-0.1, -0.05) is 40.2 Å². The minimum atomic E-state index is -0.623. The predicted molar refractivity (Wildman–Crippen MR) is 86.9 cm³/mol. The van der Waals surface area contributed by atoms with Crippen molar-refractivity contribution in [2.45, 2.75) is 6.92 Å². The molecule has 0 aliphatic carbocycles. The summed E-state index contributed by atoms with van der Waals surface area (Å²) in [6.45, 7) is 1.74. The molecule has 0 bridgehead atoms. The van der Waals surface area contributed by atoms with E-state index in [1.54, 1.807) is 13.0 Å². The molecule has 2 aromatic rings. The Bertz CT molecular complexity index is 759. The number of carbonyl (C=O) groups is 1. The van der Waals surface area contributed by atoms with E-state index in [0.717, 1.165) is 10.0 Å². The number of nitro benzene ring substituents is 1. The summed E-state index contributed by atoms with van der Waals surface area (Å²) < 4.78 is 0.893. The lowest BCUT2D eigenvalue weighted by Gasteiger charge is -2.04. The van der Waals surface area contributed by atoms with Gasteiger partial charge in [0.2, 0.25) is 0 Å². The second-order valence-corrected chi connectivity index (χ2v) is 5.34. The van der Waals surface area contributed by atoms with E-state index < -0.39 is 10.8 Å². The lowest BCUT2D eigenvalue weighted by atomic mass is 10.1. The average molecular weight is 362 g/mol. The summed E-state index contributed by atoms with van der Waals surface area (Å²) in [6, 6.07) is 13.2. The lowest BCUT2D eigenvalue weighted by molar-refractivity contribution is -0.385. The molecular weight excluding hydrogens is 350 g/mol. The van der Waals surface area contributed by atoms with Crippen molar-refractivity contribution in [1.29, 1.82) is 0 Å². The first-order chi connectivity index (χ1) is 10.5. The number of carbonyl (C=O) groups excluding carboxylic acids is 1. The molecule has 2 rings (SSSR count). The maximum Gasteiger partial charge on any atom is 0.282 e. The Labute approximate surface area is 135 Å². The molecule has 0 aromatic heterocycles. The Hall–Kier alpha value is -2.54. The molecule has 0 saturated heterocycles. The number of nitro groups is 1. The molecule has 2 aromatic carbocycles. The number of benzene rings is 2. The van der Waals surface area contributed by atoms with Crippen LogP contribution in [0.25, 0.3) is 0 Å². The monoisotopic (exact) mass is 361 g/mol. The first-order valence-electron chi connectivity index (χ1n) is 6.33. The Morgan fingerprint density at radius 1 is 1.23 bits per heavy atom. The van der Waals surface area contributed by atoms with Gasteiger partial charge in [-0.2, -0.15) is 5.10 Å². The molecule has 0 heterocycles. The van der Waals surface area contributed by atoms with Gasteiger partial charge in [0.25, 0.3) is 11.6 Å². The SMILES string of the molecule is C/C(=N\NC(=O)c1ccccc1[N+](=O)[O-])c1cccc(Br)c1. The highest BCUT2D eigenvalue weighted by Gasteiger charge is 2.18. The normalized spacial score (nSPS) is 11.1. The van der Waals surface area contributed by atoms with Crippen LogP contribution < -0.4 is 5.43 Å². The molecule has 0 spiro atoms. The van der Waals surface area contributed by atoms with Crippen LogP contribution in [0.1, 0.15) is 22.8 Å². The van der Waals surface area contributed by atoms with Crippen molar-refractivity contribution in [1.82, 2.24) is 5.43 Å². The molecule has 0 atom stereocenters. The molecule has 0 saturated carbocycles. The van der Waals surface area contributed by atoms with Crippen LogP contribution in [0.4, 0.5) is 5.69 Å². The number of rotatable bonds is 4. The van der Waals surface area contributed by atoms with Crippen LogP contribution in [0.3, 0.4) is 0 Å². The summed E-state index contributed by atoms with van der Waals surface area (Å²) >= 11 is 3.36. The summed E-state index contributed by atoms with van der Waals surface area (Å²) in [5, 5.41) is 14.9. The van der Waals surface area contributed by atoms with Crippen molar-refractivity contribution in [3.8, 4) is 0 Å². The lowest BCUT2D eigenvalue weighted by Crippen LogP contribution is -2.20. The molecule has 0 radical (unpaired) electrons. The Kier molecular flexibility index (Phi) is 5.00. The number of nitrogens with one attached hydrogen (secondary N) is 1. The van der Waals surface area contributed by atoms with Crippen LogP contribution in [0.15, 0.2) is 58.1 Å². The zero-order chi connectivity index (χ0) is 16.1. The van der Waals surface area contributed by atoms with Gasteiger partial charge < -0.3 is 0 Å². The van der Waals surface area contributed by atoms with Crippen molar-refractivity contribution < 1.29 is 9.72 Å². The molecule has 112 valence electrons. The predicted octanol–water partition coefficient (Wildman–Crippen LogP) is 3.51. The molecule has 1 amide bonds. The number of halogens is 1. The standard InChI is InChI=1S/C15H12BrN3O3/c1-10(11-5-4-6-12(16)9-11)17-18-15(20)13-7-2-3-8-14(13)19(21)22/h2-9H,1H3,(H,18,20)/b17-10+. The first kappa shape index (κ1) is 15.8. The van der Waals surface area contributed by atoms with Gasteiger partial charge in [-0.3, -0.25) is 14.9 Å². The maximum absolute atomic E-state index is 12.0. The summed E-state index contributed by atoms with van der Waals surface area (Å²) in [5.41, 5.74) is 3.48. The van der Waals surface area contributed by atoms with Gasteiger partial charge in [-0.25, -0.2) is 5.43 Å². The molecule has 7 heteroatoms. The minimum Gasteiger partial charge on any atom is -0.267 e. The Morgan fingerprint density at radius 2 is 1.95 bits per heavy atom. The van der Waals surface area contributed by atoms with E-state index in [1.807, 2.05) is 24.3 Å². The smallest absolute Gasteiger partial charge is 0.267 e. The zero-order valence-electron chi connectivity index (χ0n) is 11.6. The average Bonchev–Trinajstić information content (AvgIpc) is 2.52. The van der Waals surface area contributed by atoms with Crippen LogP contribution in [0, 0.1) is 10.1 Å². The number of amides is 1. The van der Waals surface area contributed by atoms with Crippen molar-refractivity contribution in [2.24, 2.45) is 5.10 Å². The van der Waals surface area contributed by atoms with Crippen LogP contribution >= 0.6 is 15.9 Å². The van der Waals surface area contributed by atoms with Crippen molar-refractivity contribution in [3.63, 3.8) is 0 Å². The third-order valence-electron chi connectivity index (χ3n) is 2.91. The summed E-state index contributed by atoms with van der Waals surface area (Å²) in [6.07, 6.45) is 0. The Morgan fingerprint density at radius 3 is 2.64 bits per heavy atom. The van der Waals surface area contributed by atoms with E-state index in [0.29, 0.717) is 5.71 Å². The molecule has 0 unspecified atom stereocenters. The van der Waals surface area contributed by atoms with Gasteiger partial charge in [-0.05, 0) is 30.7 Å². The number of hydrogen-bond acceptors (Lipinski definition) is 4. The topological polar surface area (TPSA) is 84.6 Å². The molecule has 0 fully saturated rings. The quantitative estimate of drug-likeness (QED) is 0.513. The van der Waals surface area contributed by atoms with Gasteiger partial charge in [0, 0.05) is 10.5 Å². The first-order valence-corrected chi connectivity index (χ1v) is 7.12. The second kappa shape index (κ2) is 6.95. The van der Waals surface area contributed by atoms with Crippen LogP contribution in [0.2, 0.25) is 0 Å². The highest BCUT2D eigenvalue weighted by Crippen LogP contribution is 2.17. The third kappa shape index (κ3) is 3.76. The van der Waals surface area contributed by atoms with Gasteiger partial charge in [0.15, 0.2) is 0 Å². The molecule has 1 N–H and O–H groups in total.